The van der Waals surface area contributed by atoms with Crippen molar-refractivity contribution in [1.82, 2.24) is 5.32 Å². The second-order valence-electron chi connectivity index (χ2n) is 0.761. The fraction of sp³-hybridized carbons (Fsp3) is 0.667. The van der Waals surface area contributed by atoms with Gasteiger partial charge in [0, 0.05) is 0 Å². The molecule has 0 bridgehead atoms. The molecule has 0 aromatic rings. The van der Waals surface area contributed by atoms with Crippen molar-refractivity contribution in [3.8, 4) is 0 Å². The van der Waals surface area contributed by atoms with Crippen LogP contribution >= 0.6 is 0 Å². The molecule has 0 radical (unpaired) electrons. The number of nitrogens with one attached hydrogen (secondary N) is 1. The molecule has 0 aliphatic rings. The van der Waals surface area contributed by atoms with Crippen LogP contribution in [-0.4, -0.2) is 20.3 Å². The first kappa shape index (κ1) is 5.43. The molecule has 0 saturated carbocycles. The highest BCUT2D eigenvalue weighted by Gasteiger charge is 1.68. The van der Waals surface area contributed by atoms with E-state index in [9.17, 15) is 4.79 Å². The topological polar surface area (TPSA) is 38.3 Å². The van der Waals surface area contributed by atoms with Crippen LogP contribution in [0.5, 0.6) is 0 Å². The summed E-state index contributed by atoms with van der Waals surface area (Å²) in [5.41, 5.74) is 0. The molecule has 0 aromatic heterocycles. The number of ether oxygens (including phenoxy) is 1. The van der Waals surface area contributed by atoms with Gasteiger partial charge in [0.1, 0.15) is 6.73 Å². The smallest absolute Gasteiger partial charge is 0.294 e. The van der Waals surface area contributed by atoms with Gasteiger partial charge in [-0.05, 0) is 7.05 Å². The van der Waals surface area contributed by atoms with E-state index < -0.39 is 0 Å². The van der Waals surface area contributed by atoms with Gasteiger partial charge in [-0.2, -0.15) is 0 Å². The molecule has 6 heavy (non-hydrogen) atoms. The molecule has 0 rings (SSSR count). The molecule has 0 unspecified atom stereocenters. The Balaban J connectivity index is 2.49. The van der Waals surface area contributed by atoms with Crippen LogP contribution in [0, 0.1) is 0 Å². The second kappa shape index (κ2) is 4.43. The van der Waals surface area contributed by atoms with E-state index in [2.05, 4.69) is 10.1 Å². The summed E-state index contributed by atoms with van der Waals surface area (Å²) >= 11 is 0. The highest BCUT2D eigenvalue weighted by atomic mass is 16.5. The van der Waals surface area contributed by atoms with E-state index in [0.29, 0.717) is 13.2 Å². The molecule has 1 N–H and O–H groups in total. The molecule has 3 nitrogen and oxygen atoms in total. The minimum atomic E-state index is 0.295. The van der Waals surface area contributed by atoms with Crippen molar-refractivity contribution in [1.29, 1.82) is 0 Å². The molecular formula is C3H7NO2. The van der Waals surface area contributed by atoms with Crippen molar-refractivity contribution < 1.29 is 9.53 Å². The van der Waals surface area contributed by atoms with Gasteiger partial charge < -0.3 is 4.74 Å². The zero-order valence-corrected chi connectivity index (χ0v) is 3.60. The summed E-state index contributed by atoms with van der Waals surface area (Å²) in [6.07, 6.45) is 0. The Kier molecular flexibility index (Phi) is 4.01. The van der Waals surface area contributed by atoms with E-state index in [4.69, 9.17) is 0 Å². The Morgan fingerprint density at radius 1 is 2.00 bits per heavy atom. The summed E-state index contributed by atoms with van der Waals surface area (Å²) < 4.78 is 4.19. The van der Waals surface area contributed by atoms with Gasteiger partial charge in [0.05, 0.1) is 0 Å². The number of hydrogen-bond acceptors (Lipinski definition) is 3. The third-order valence-corrected chi connectivity index (χ3v) is 0.296. The SMILES string of the molecule is CNCOC=O. The van der Waals surface area contributed by atoms with Crippen LogP contribution in [0.25, 0.3) is 0 Å². The molecule has 0 fully saturated rings. The fourth-order valence-corrected chi connectivity index (χ4v) is 0.117. The molecule has 3 heteroatoms. The van der Waals surface area contributed by atoms with Crippen molar-refractivity contribution in [3.05, 3.63) is 0 Å². The summed E-state index contributed by atoms with van der Waals surface area (Å²) in [5.74, 6) is 0. The average molecular weight is 89.1 g/mol. The normalized spacial score (nSPS) is 7.50. The van der Waals surface area contributed by atoms with Crippen LogP contribution in [-0.2, 0) is 9.53 Å². The Bertz CT molecular complexity index is 37.8. The van der Waals surface area contributed by atoms with Gasteiger partial charge in [0.25, 0.3) is 6.47 Å². The van der Waals surface area contributed by atoms with Crippen molar-refractivity contribution in [2.75, 3.05) is 13.8 Å². The zero-order chi connectivity index (χ0) is 4.83. The summed E-state index contributed by atoms with van der Waals surface area (Å²) in [4.78, 5) is 9.30. The monoisotopic (exact) mass is 89.0 g/mol. The molecular weight excluding hydrogens is 82.0 g/mol. The average Bonchev–Trinajstić information content (AvgIpc) is 1.61. The van der Waals surface area contributed by atoms with Crippen molar-refractivity contribution >= 4 is 6.47 Å². The maximum atomic E-state index is 9.30. The highest BCUT2D eigenvalue weighted by molar-refractivity contribution is 5.36. The minimum Gasteiger partial charge on any atom is -0.452 e. The second-order valence-corrected chi connectivity index (χ2v) is 0.761. The molecule has 0 heterocycles. The maximum absolute atomic E-state index is 9.30. The molecule has 0 spiro atoms. The quantitative estimate of drug-likeness (QED) is 0.283. The van der Waals surface area contributed by atoms with Crippen LogP contribution in [0.3, 0.4) is 0 Å². The predicted octanol–water partition coefficient (Wildman–Crippen LogP) is -0.664. The summed E-state index contributed by atoms with van der Waals surface area (Å²) in [7, 11) is 1.70. The Morgan fingerprint density at radius 2 is 2.67 bits per heavy atom. The first-order valence-electron chi connectivity index (χ1n) is 1.61. The standard InChI is InChI=1S/C3H7NO2/c1-4-2-6-3-5/h3-4H,2H2,1H3. The van der Waals surface area contributed by atoms with Gasteiger partial charge in [-0.15, -0.1) is 0 Å². The summed E-state index contributed by atoms with van der Waals surface area (Å²) in [6.45, 7) is 0.694. The van der Waals surface area contributed by atoms with Crippen molar-refractivity contribution in [2.24, 2.45) is 0 Å². The lowest BCUT2D eigenvalue weighted by Gasteiger charge is -1.89. The van der Waals surface area contributed by atoms with Crippen LogP contribution in [0.4, 0.5) is 0 Å². The fourth-order valence-electron chi connectivity index (χ4n) is 0.117. The zero-order valence-electron chi connectivity index (χ0n) is 3.60. The van der Waals surface area contributed by atoms with Crippen molar-refractivity contribution in [2.45, 2.75) is 0 Å². The molecule has 0 aliphatic heterocycles. The van der Waals surface area contributed by atoms with Crippen LogP contribution in [0.15, 0.2) is 0 Å². The van der Waals surface area contributed by atoms with Gasteiger partial charge in [0.2, 0.25) is 0 Å². The van der Waals surface area contributed by atoms with Crippen LogP contribution < -0.4 is 5.32 Å². The lowest BCUT2D eigenvalue weighted by molar-refractivity contribution is -0.129. The van der Waals surface area contributed by atoms with E-state index in [1.165, 1.54) is 0 Å². The maximum Gasteiger partial charge on any atom is 0.294 e. The lowest BCUT2D eigenvalue weighted by atomic mass is 11.1. The van der Waals surface area contributed by atoms with Crippen molar-refractivity contribution in [3.63, 3.8) is 0 Å². The van der Waals surface area contributed by atoms with Gasteiger partial charge in [-0.3, -0.25) is 10.1 Å². The minimum absolute atomic E-state index is 0.295. The highest BCUT2D eigenvalue weighted by Crippen LogP contribution is 1.51. The number of hydrogen-bond donors (Lipinski definition) is 1. The predicted molar refractivity (Wildman–Crippen MR) is 21.1 cm³/mol. The third kappa shape index (κ3) is 3.43. The van der Waals surface area contributed by atoms with E-state index in [0.717, 1.165) is 0 Å². The first-order valence-corrected chi connectivity index (χ1v) is 1.61. The Morgan fingerprint density at radius 3 is 2.83 bits per heavy atom. The number of rotatable bonds is 3. The summed E-state index contributed by atoms with van der Waals surface area (Å²) in [6, 6.07) is 0. The molecule has 0 saturated heterocycles. The first-order chi connectivity index (χ1) is 2.91. The van der Waals surface area contributed by atoms with E-state index in [1.54, 1.807) is 7.05 Å². The molecule has 0 aromatic carbocycles. The van der Waals surface area contributed by atoms with E-state index in [-0.39, 0.29) is 0 Å². The molecule has 36 valence electrons. The summed E-state index contributed by atoms with van der Waals surface area (Å²) in [5, 5.41) is 2.62. The largest absolute Gasteiger partial charge is 0.452 e. The Hall–Kier alpha value is -0.570. The van der Waals surface area contributed by atoms with Gasteiger partial charge >= 0.3 is 0 Å². The molecule has 0 amide bonds. The van der Waals surface area contributed by atoms with Crippen LogP contribution in [0.1, 0.15) is 0 Å². The molecule has 0 aliphatic carbocycles. The Labute approximate surface area is 36.3 Å². The van der Waals surface area contributed by atoms with Crippen LogP contribution in [0.2, 0.25) is 0 Å². The van der Waals surface area contributed by atoms with E-state index >= 15 is 0 Å². The number of carbonyl (C=O) groups excluding carboxylic acids is 1. The van der Waals surface area contributed by atoms with E-state index in [1.807, 2.05) is 0 Å². The molecule has 0 atom stereocenters. The van der Waals surface area contributed by atoms with Gasteiger partial charge in [0.15, 0.2) is 0 Å². The number of carbonyl (C=O) groups is 1. The third-order valence-electron chi connectivity index (χ3n) is 0.296. The van der Waals surface area contributed by atoms with Gasteiger partial charge in [-0.1, -0.05) is 0 Å². The lowest BCUT2D eigenvalue weighted by Crippen LogP contribution is -2.09. The van der Waals surface area contributed by atoms with Gasteiger partial charge in [-0.25, -0.2) is 0 Å².